The molecule has 0 amide bonds. The first kappa shape index (κ1) is 16.3. The van der Waals surface area contributed by atoms with Gasteiger partial charge in [-0.2, -0.15) is 18.3 Å². The molecule has 0 saturated heterocycles. The summed E-state index contributed by atoms with van der Waals surface area (Å²) in [4.78, 5) is 4.31. The molecular weight excluding hydrogens is 346 g/mol. The van der Waals surface area contributed by atoms with Gasteiger partial charge in [0.15, 0.2) is 5.82 Å². The number of fused-ring (bicyclic) bond motifs is 1. The van der Waals surface area contributed by atoms with E-state index in [1.807, 2.05) is 5.10 Å². The van der Waals surface area contributed by atoms with Gasteiger partial charge in [0.05, 0.1) is 5.69 Å². The Morgan fingerprint density at radius 1 is 0.808 bits per heavy atom. The van der Waals surface area contributed by atoms with Crippen molar-refractivity contribution in [2.45, 2.75) is 6.18 Å². The normalized spacial score (nSPS) is 11.8. The number of aromatic nitrogens is 3. The zero-order chi connectivity index (χ0) is 18.3. The number of halogens is 4. The van der Waals surface area contributed by atoms with E-state index < -0.39 is 17.7 Å². The van der Waals surface area contributed by atoms with Gasteiger partial charge < -0.3 is 0 Å². The topological polar surface area (TPSA) is 41.6 Å². The van der Waals surface area contributed by atoms with Gasteiger partial charge in [-0.3, -0.25) is 5.10 Å². The van der Waals surface area contributed by atoms with E-state index in [1.165, 1.54) is 0 Å². The third kappa shape index (κ3) is 2.71. The third-order valence-electron chi connectivity index (χ3n) is 4.02. The zero-order valence-corrected chi connectivity index (χ0v) is 13.2. The molecule has 4 rings (SSSR count). The van der Waals surface area contributed by atoms with Crippen molar-refractivity contribution in [2.75, 3.05) is 0 Å². The summed E-state index contributed by atoms with van der Waals surface area (Å²) in [5.41, 5.74) is -0.193. The number of pyridine rings is 1. The summed E-state index contributed by atoms with van der Waals surface area (Å²) in [6.07, 6.45) is -4.55. The van der Waals surface area contributed by atoms with Crippen LogP contribution in [0.2, 0.25) is 0 Å². The van der Waals surface area contributed by atoms with Crippen LogP contribution in [0.1, 0.15) is 5.69 Å². The van der Waals surface area contributed by atoms with Crippen LogP contribution in [0.5, 0.6) is 0 Å². The van der Waals surface area contributed by atoms with Gasteiger partial charge in [-0.1, -0.05) is 54.6 Å². The van der Waals surface area contributed by atoms with Crippen LogP contribution in [0.4, 0.5) is 17.6 Å². The molecule has 0 spiro atoms. The second-order valence-corrected chi connectivity index (χ2v) is 5.70. The van der Waals surface area contributed by atoms with Crippen molar-refractivity contribution in [3.8, 4) is 22.6 Å². The molecule has 0 radical (unpaired) electrons. The molecule has 4 aromatic rings. The summed E-state index contributed by atoms with van der Waals surface area (Å²) in [6.45, 7) is 0. The van der Waals surface area contributed by atoms with E-state index in [9.17, 15) is 17.6 Å². The fraction of sp³-hybridized carbons (Fsp3) is 0.0526. The Labute approximate surface area is 145 Å². The lowest BCUT2D eigenvalue weighted by Gasteiger charge is -2.10. The van der Waals surface area contributed by atoms with E-state index in [4.69, 9.17) is 0 Å². The van der Waals surface area contributed by atoms with Crippen LogP contribution in [0.3, 0.4) is 0 Å². The van der Waals surface area contributed by atoms with Crippen molar-refractivity contribution in [3.63, 3.8) is 0 Å². The van der Waals surface area contributed by atoms with E-state index in [0.717, 1.165) is 6.07 Å². The minimum absolute atomic E-state index is 0.00528. The number of aromatic amines is 1. The van der Waals surface area contributed by atoms with E-state index in [-0.39, 0.29) is 22.5 Å². The van der Waals surface area contributed by atoms with E-state index >= 15 is 0 Å². The summed E-state index contributed by atoms with van der Waals surface area (Å²) in [7, 11) is 0. The Morgan fingerprint density at radius 3 is 2.12 bits per heavy atom. The molecule has 7 heteroatoms. The van der Waals surface area contributed by atoms with Crippen molar-refractivity contribution in [2.24, 2.45) is 0 Å². The first-order valence-electron chi connectivity index (χ1n) is 7.72. The molecule has 0 aliphatic carbocycles. The number of nitrogens with zero attached hydrogens (tertiary/aromatic N) is 2. The molecule has 0 fully saturated rings. The molecule has 0 unspecified atom stereocenters. The quantitative estimate of drug-likeness (QED) is 0.485. The molecule has 130 valence electrons. The van der Waals surface area contributed by atoms with Crippen LogP contribution >= 0.6 is 0 Å². The van der Waals surface area contributed by atoms with E-state index in [2.05, 4.69) is 10.1 Å². The van der Waals surface area contributed by atoms with Gasteiger partial charge >= 0.3 is 6.18 Å². The lowest BCUT2D eigenvalue weighted by atomic mass is 10.0. The number of benzene rings is 2. The van der Waals surface area contributed by atoms with Crippen LogP contribution < -0.4 is 0 Å². The molecule has 0 bridgehead atoms. The highest BCUT2D eigenvalue weighted by Crippen LogP contribution is 2.35. The summed E-state index contributed by atoms with van der Waals surface area (Å²) in [5.74, 6) is -0.526. The second-order valence-electron chi connectivity index (χ2n) is 5.70. The Bertz CT molecular complexity index is 1090. The van der Waals surface area contributed by atoms with Crippen LogP contribution in [0.25, 0.3) is 33.4 Å². The maximum atomic E-state index is 15.0. The highest BCUT2D eigenvalue weighted by molar-refractivity contribution is 5.96. The maximum absolute atomic E-state index is 15.0. The monoisotopic (exact) mass is 357 g/mol. The first-order chi connectivity index (χ1) is 12.4. The Hall–Kier alpha value is -3.22. The SMILES string of the molecule is Fc1c(-c2ccccc2)nc(-c2cc(C(F)(F)F)[nH]n2)c2ccccc12. The molecule has 3 nitrogen and oxygen atoms in total. The molecule has 0 aliphatic heterocycles. The molecule has 0 aliphatic rings. The smallest absolute Gasteiger partial charge is 0.273 e. The van der Waals surface area contributed by atoms with Crippen molar-refractivity contribution >= 4 is 10.8 Å². The Kier molecular flexibility index (Phi) is 3.72. The fourth-order valence-electron chi connectivity index (χ4n) is 2.80. The average Bonchev–Trinajstić information content (AvgIpc) is 3.13. The molecular formula is C19H11F4N3. The number of H-pyrrole nitrogens is 1. The van der Waals surface area contributed by atoms with Crippen molar-refractivity contribution in [1.29, 1.82) is 0 Å². The molecule has 0 atom stereocenters. The minimum atomic E-state index is -4.55. The largest absolute Gasteiger partial charge is 0.432 e. The summed E-state index contributed by atoms with van der Waals surface area (Å²) in [6, 6.07) is 16.0. The number of rotatable bonds is 2. The van der Waals surface area contributed by atoms with Gasteiger partial charge in [0.1, 0.15) is 17.1 Å². The average molecular weight is 357 g/mol. The van der Waals surface area contributed by atoms with E-state index in [1.54, 1.807) is 54.6 Å². The van der Waals surface area contributed by atoms with Gasteiger partial charge in [-0.25, -0.2) is 9.37 Å². The van der Waals surface area contributed by atoms with Crippen molar-refractivity contribution in [1.82, 2.24) is 15.2 Å². The predicted molar refractivity (Wildman–Crippen MR) is 89.7 cm³/mol. The lowest BCUT2D eigenvalue weighted by Crippen LogP contribution is -2.04. The minimum Gasteiger partial charge on any atom is -0.273 e. The standard InChI is InChI=1S/C19H11F4N3/c20-16-12-8-4-5-9-13(12)18(14-10-15(26-25-14)19(21,22)23)24-17(16)11-6-2-1-3-7-11/h1-10H,(H,25,26). The molecule has 2 aromatic carbocycles. The van der Waals surface area contributed by atoms with Gasteiger partial charge in [0, 0.05) is 16.3 Å². The Balaban J connectivity index is 2.00. The van der Waals surface area contributed by atoms with E-state index in [0.29, 0.717) is 10.9 Å². The highest BCUT2D eigenvalue weighted by Gasteiger charge is 2.33. The van der Waals surface area contributed by atoms with Gasteiger partial charge in [-0.15, -0.1) is 0 Å². The lowest BCUT2D eigenvalue weighted by molar-refractivity contribution is -0.141. The molecule has 0 saturated carbocycles. The number of nitrogens with one attached hydrogen (secondary N) is 1. The molecule has 26 heavy (non-hydrogen) atoms. The van der Waals surface area contributed by atoms with Crippen molar-refractivity contribution in [3.05, 3.63) is 72.2 Å². The molecule has 1 N–H and O–H groups in total. The van der Waals surface area contributed by atoms with Gasteiger partial charge in [0.2, 0.25) is 0 Å². The molecule has 2 aromatic heterocycles. The van der Waals surface area contributed by atoms with Crippen LogP contribution in [-0.4, -0.2) is 15.2 Å². The van der Waals surface area contributed by atoms with Crippen LogP contribution in [0, 0.1) is 5.82 Å². The number of hydrogen-bond acceptors (Lipinski definition) is 2. The second kappa shape index (κ2) is 5.94. The Morgan fingerprint density at radius 2 is 1.46 bits per heavy atom. The summed E-state index contributed by atoms with van der Waals surface area (Å²) in [5, 5.41) is 6.38. The summed E-state index contributed by atoms with van der Waals surface area (Å²) < 4.78 is 53.6. The zero-order valence-electron chi connectivity index (χ0n) is 13.2. The maximum Gasteiger partial charge on any atom is 0.432 e. The molecule has 2 heterocycles. The third-order valence-corrected chi connectivity index (χ3v) is 4.02. The van der Waals surface area contributed by atoms with Crippen LogP contribution in [-0.2, 0) is 6.18 Å². The van der Waals surface area contributed by atoms with Crippen molar-refractivity contribution < 1.29 is 17.6 Å². The fourth-order valence-corrected chi connectivity index (χ4v) is 2.80. The van der Waals surface area contributed by atoms with Crippen LogP contribution in [0.15, 0.2) is 60.7 Å². The highest BCUT2D eigenvalue weighted by atomic mass is 19.4. The van der Waals surface area contributed by atoms with Gasteiger partial charge in [0.25, 0.3) is 0 Å². The predicted octanol–water partition coefficient (Wildman–Crippen LogP) is 5.45. The number of hydrogen-bond donors (Lipinski definition) is 1. The first-order valence-corrected chi connectivity index (χ1v) is 7.72. The summed E-state index contributed by atoms with van der Waals surface area (Å²) >= 11 is 0. The van der Waals surface area contributed by atoms with Gasteiger partial charge in [-0.05, 0) is 6.07 Å². The number of alkyl halides is 3.